The molecule has 1 unspecified atom stereocenters. The number of benzene rings is 1. The van der Waals surface area contributed by atoms with Crippen LogP contribution in [0.1, 0.15) is 18.4 Å². The average molecular weight is 327 g/mol. The van der Waals surface area contributed by atoms with E-state index in [4.69, 9.17) is 4.74 Å². The number of fused-ring (bicyclic) bond motifs is 1. The van der Waals surface area contributed by atoms with Crippen molar-refractivity contribution in [3.63, 3.8) is 0 Å². The van der Waals surface area contributed by atoms with Crippen molar-refractivity contribution in [2.45, 2.75) is 25.4 Å². The smallest absolute Gasteiger partial charge is 0.245 e. The van der Waals surface area contributed by atoms with Crippen molar-refractivity contribution in [1.29, 1.82) is 0 Å². The van der Waals surface area contributed by atoms with Gasteiger partial charge in [0.05, 0.1) is 13.2 Å². The number of hydrogen-bond acceptors (Lipinski definition) is 3. The fourth-order valence-corrected chi connectivity index (χ4v) is 3.63. The van der Waals surface area contributed by atoms with Crippen LogP contribution in [-0.4, -0.2) is 58.9 Å². The fourth-order valence-electron chi connectivity index (χ4n) is 3.63. The fraction of sp³-hybridized carbons (Fsp3) is 0.444. The summed E-state index contributed by atoms with van der Waals surface area (Å²) in [4.78, 5) is 32.0. The van der Waals surface area contributed by atoms with Crippen molar-refractivity contribution in [3.05, 3.63) is 36.0 Å². The van der Waals surface area contributed by atoms with Crippen LogP contribution in [0, 0.1) is 0 Å². The van der Waals surface area contributed by atoms with E-state index < -0.39 is 0 Å². The molecule has 2 saturated heterocycles. The van der Waals surface area contributed by atoms with Crippen LogP contribution in [0.2, 0.25) is 0 Å². The summed E-state index contributed by atoms with van der Waals surface area (Å²) in [6.07, 6.45) is 2.99. The Hall–Kier alpha value is -2.34. The molecule has 0 radical (unpaired) electrons. The molecule has 6 nitrogen and oxygen atoms in total. The molecule has 2 amide bonds. The molecule has 6 heteroatoms. The van der Waals surface area contributed by atoms with Gasteiger partial charge in [-0.25, -0.2) is 0 Å². The van der Waals surface area contributed by atoms with E-state index in [1.54, 1.807) is 4.90 Å². The number of morpholine rings is 1. The first kappa shape index (κ1) is 15.2. The summed E-state index contributed by atoms with van der Waals surface area (Å²) in [6.45, 7) is 2.86. The highest BCUT2D eigenvalue weighted by molar-refractivity contribution is 5.91. The van der Waals surface area contributed by atoms with Crippen LogP contribution >= 0.6 is 0 Å². The summed E-state index contributed by atoms with van der Waals surface area (Å²) >= 11 is 0. The number of rotatable bonds is 3. The number of nitrogens with one attached hydrogen (secondary N) is 1. The molecule has 2 fully saturated rings. The molecule has 2 aromatic rings. The number of amides is 2. The maximum Gasteiger partial charge on any atom is 0.245 e. The zero-order valence-corrected chi connectivity index (χ0v) is 13.5. The highest BCUT2D eigenvalue weighted by atomic mass is 16.5. The van der Waals surface area contributed by atoms with Crippen LogP contribution in [0.15, 0.2) is 30.5 Å². The molecule has 0 spiro atoms. The normalized spacial score (nSPS) is 21.7. The summed E-state index contributed by atoms with van der Waals surface area (Å²) in [5.74, 6) is 0.121. The van der Waals surface area contributed by atoms with E-state index in [0.717, 1.165) is 16.5 Å². The number of ether oxygens (including phenoxy) is 1. The Morgan fingerprint density at radius 1 is 1.25 bits per heavy atom. The van der Waals surface area contributed by atoms with E-state index >= 15 is 0 Å². The van der Waals surface area contributed by atoms with Crippen LogP contribution in [0.25, 0.3) is 10.9 Å². The van der Waals surface area contributed by atoms with Crippen molar-refractivity contribution in [2.24, 2.45) is 0 Å². The van der Waals surface area contributed by atoms with Gasteiger partial charge in [0.15, 0.2) is 0 Å². The van der Waals surface area contributed by atoms with Crippen LogP contribution in [-0.2, 0) is 20.9 Å². The van der Waals surface area contributed by atoms with E-state index in [1.807, 2.05) is 35.4 Å². The van der Waals surface area contributed by atoms with Gasteiger partial charge in [-0.1, -0.05) is 18.2 Å². The summed E-state index contributed by atoms with van der Waals surface area (Å²) in [5, 5.41) is 1.11. The van der Waals surface area contributed by atoms with Gasteiger partial charge in [-0.3, -0.25) is 9.59 Å². The first-order chi connectivity index (χ1) is 11.7. The molecule has 24 heavy (non-hydrogen) atoms. The Kier molecular flexibility index (Phi) is 3.98. The lowest BCUT2D eigenvalue weighted by Crippen LogP contribution is -2.50. The highest BCUT2D eigenvalue weighted by Gasteiger charge is 2.38. The van der Waals surface area contributed by atoms with E-state index in [9.17, 15) is 9.59 Å². The first-order valence-electron chi connectivity index (χ1n) is 8.45. The minimum absolute atomic E-state index is 0.0593. The second-order valence-corrected chi connectivity index (χ2v) is 6.37. The monoisotopic (exact) mass is 327 g/mol. The third kappa shape index (κ3) is 2.67. The maximum atomic E-state index is 12.8. The molecule has 0 saturated carbocycles. The number of aromatic amines is 1. The second-order valence-electron chi connectivity index (χ2n) is 6.37. The van der Waals surface area contributed by atoms with Gasteiger partial charge in [-0.05, 0) is 18.1 Å². The lowest BCUT2D eigenvalue weighted by molar-refractivity contribution is -0.144. The third-order valence-corrected chi connectivity index (χ3v) is 4.95. The second kappa shape index (κ2) is 6.28. The van der Waals surface area contributed by atoms with Crippen LogP contribution in [0.4, 0.5) is 0 Å². The largest absolute Gasteiger partial charge is 0.378 e. The van der Waals surface area contributed by atoms with Crippen LogP contribution in [0.3, 0.4) is 0 Å². The van der Waals surface area contributed by atoms with E-state index in [1.165, 1.54) is 0 Å². The highest BCUT2D eigenvalue weighted by Crippen LogP contribution is 2.26. The molecule has 1 aromatic heterocycles. The summed E-state index contributed by atoms with van der Waals surface area (Å²) < 4.78 is 5.32. The van der Waals surface area contributed by atoms with Crippen molar-refractivity contribution in [3.8, 4) is 0 Å². The number of likely N-dealkylation sites (tertiary alicyclic amines) is 1. The Morgan fingerprint density at radius 2 is 2.04 bits per heavy atom. The number of hydrogen-bond donors (Lipinski definition) is 1. The Labute approximate surface area is 140 Å². The lowest BCUT2D eigenvalue weighted by atomic mass is 10.1. The third-order valence-electron chi connectivity index (χ3n) is 4.95. The van der Waals surface area contributed by atoms with Crippen molar-refractivity contribution < 1.29 is 14.3 Å². The van der Waals surface area contributed by atoms with Crippen LogP contribution < -0.4 is 0 Å². The SMILES string of the molecule is O=C(C1CCC(=O)N1Cc1c[nH]c2ccccc12)N1CCOCC1. The van der Waals surface area contributed by atoms with Gasteiger partial charge in [0.1, 0.15) is 6.04 Å². The minimum atomic E-state index is -0.343. The quantitative estimate of drug-likeness (QED) is 0.929. The minimum Gasteiger partial charge on any atom is -0.378 e. The molecule has 4 rings (SSSR count). The Bertz CT molecular complexity index is 764. The van der Waals surface area contributed by atoms with Crippen molar-refractivity contribution in [1.82, 2.24) is 14.8 Å². The number of nitrogens with zero attached hydrogens (tertiary/aromatic N) is 2. The molecule has 3 heterocycles. The topological polar surface area (TPSA) is 65.6 Å². The van der Waals surface area contributed by atoms with Crippen LogP contribution in [0.5, 0.6) is 0 Å². The molecule has 1 atom stereocenters. The first-order valence-corrected chi connectivity index (χ1v) is 8.45. The van der Waals surface area contributed by atoms with Crippen molar-refractivity contribution >= 4 is 22.7 Å². The number of carbonyl (C=O) groups excluding carboxylic acids is 2. The predicted octanol–water partition coefficient (Wildman–Crippen LogP) is 1.52. The molecule has 1 N–H and O–H groups in total. The molecular weight excluding hydrogens is 306 g/mol. The Morgan fingerprint density at radius 3 is 2.88 bits per heavy atom. The van der Waals surface area contributed by atoms with Gasteiger partial charge in [-0.15, -0.1) is 0 Å². The number of para-hydroxylation sites is 1. The molecule has 0 bridgehead atoms. The average Bonchev–Trinajstić information content (AvgIpc) is 3.20. The molecule has 2 aliphatic heterocycles. The van der Waals surface area contributed by atoms with Gasteiger partial charge in [0.2, 0.25) is 11.8 Å². The lowest BCUT2D eigenvalue weighted by Gasteiger charge is -2.32. The van der Waals surface area contributed by atoms with Gasteiger partial charge in [0, 0.05) is 43.2 Å². The maximum absolute atomic E-state index is 12.8. The number of carbonyl (C=O) groups is 2. The van der Waals surface area contributed by atoms with Gasteiger partial charge >= 0.3 is 0 Å². The van der Waals surface area contributed by atoms with Gasteiger partial charge < -0.3 is 19.5 Å². The van der Waals surface area contributed by atoms with E-state index in [-0.39, 0.29) is 17.9 Å². The Balaban J connectivity index is 1.55. The molecule has 2 aliphatic rings. The summed E-state index contributed by atoms with van der Waals surface area (Å²) in [5.41, 5.74) is 2.11. The van der Waals surface area contributed by atoms with E-state index in [2.05, 4.69) is 4.98 Å². The number of aromatic nitrogens is 1. The van der Waals surface area contributed by atoms with Gasteiger partial charge in [0.25, 0.3) is 0 Å². The zero-order valence-electron chi connectivity index (χ0n) is 13.5. The summed E-state index contributed by atoms with van der Waals surface area (Å²) in [6, 6.07) is 7.68. The molecule has 126 valence electrons. The summed E-state index contributed by atoms with van der Waals surface area (Å²) in [7, 11) is 0. The van der Waals surface area contributed by atoms with E-state index in [0.29, 0.717) is 45.7 Å². The predicted molar refractivity (Wildman–Crippen MR) is 89.3 cm³/mol. The van der Waals surface area contributed by atoms with Crippen molar-refractivity contribution in [2.75, 3.05) is 26.3 Å². The molecule has 0 aliphatic carbocycles. The number of H-pyrrole nitrogens is 1. The zero-order chi connectivity index (χ0) is 16.5. The van der Waals surface area contributed by atoms with Gasteiger partial charge in [-0.2, -0.15) is 0 Å². The molecule has 1 aromatic carbocycles. The molecular formula is C18H21N3O3. The standard InChI is InChI=1S/C18H21N3O3/c22-17-6-5-16(18(23)20-7-9-24-10-8-20)21(17)12-13-11-19-15-4-2-1-3-14(13)15/h1-4,11,16,19H,5-10,12H2.